The molecule has 3 rings (SSSR count). The third-order valence-electron chi connectivity index (χ3n) is 3.25. The molecule has 0 bridgehead atoms. The Labute approximate surface area is 131 Å². The lowest BCUT2D eigenvalue weighted by Gasteiger charge is -2.13. The molecule has 0 saturated carbocycles. The predicted molar refractivity (Wildman–Crippen MR) is 79.4 cm³/mol. The van der Waals surface area contributed by atoms with Gasteiger partial charge in [-0.05, 0) is 32.0 Å². The number of benzene rings is 1. The molecule has 0 spiro atoms. The first-order chi connectivity index (χ1) is 11.0. The lowest BCUT2D eigenvalue weighted by Crippen LogP contribution is -2.41. The Hall–Kier alpha value is -3.03. The average molecular weight is 317 g/mol. The number of carbonyl (C=O) groups excluding carboxylic acids is 2. The number of rotatable bonds is 4. The van der Waals surface area contributed by atoms with Gasteiger partial charge in [0.25, 0.3) is 5.91 Å². The molecular formula is C15H15N3O5. The van der Waals surface area contributed by atoms with Gasteiger partial charge in [-0.3, -0.25) is 9.59 Å². The highest BCUT2D eigenvalue weighted by Gasteiger charge is 2.20. The Morgan fingerprint density at radius 3 is 2.74 bits per heavy atom. The topological polar surface area (TPSA) is 103 Å². The van der Waals surface area contributed by atoms with E-state index >= 15 is 0 Å². The highest BCUT2D eigenvalue weighted by molar-refractivity contribution is 6.00. The Bertz CT molecular complexity index is 755. The molecule has 1 aromatic heterocycles. The van der Waals surface area contributed by atoms with Crippen LogP contribution in [0.15, 0.2) is 28.8 Å². The molecule has 0 fully saturated rings. The van der Waals surface area contributed by atoms with E-state index in [2.05, 4.69) is 15.8 Å². The average Bonchev–Trinajstić information content (AvgIpc) is 3.14. The van der Waals surface area contributed by atoms with Crippen molar-refractivity contribution in [2.75, 3.05) is 12.1 Å². The number of hydrogen-bond acceptors (Lipinski definition) is 6. The van der Waals surface area contributed by atoms with Gasteiger partial charge in [-0.2, -0.15) is 0 Å². The molecular weight excluding hydrogens is 302 g/mol. The van der Waals surface area contributed by atoms with E-state index in [4.69, 9.17) is 14.0 Å². The summed E-state index contributed by atoms with van der Waals surface area (Å²) in [6.07, 6.45) is 0. The molecule has 8 nitrogen and oxygen atoms in total. The van der Waals surface area contributed by atoms with Crippen LogP contribution in [0.3, 0.4) is 0 Å². The largest absolute Gasteiger partial charge is 0.454 e. The maximum atomic E-state index is 12.2. The van der Waals surface area contributed by atoms with Gasteiger partial charge in [0.1, 0.15) is 11.8 Å². The maximum Gasteiger partial charge on any atom is 0.252 e. The van der Waals surface area contributed by atoms with Crippen molar-refractivity contribution in [2.45, 2.75) is 19.9 Å². The quantitative estimate of drug-likeness (QED) is 0.885. The summed E-state index contributed by atoms with van der Waals surface area (Å²) in [4.78, 5) is 24.2. The van der Waals surface area contributed by atoms with Crippen molar-refractivity contribution in [3.05, 3.63) is 35.6 Å². The Morgan fingerprint density at radius 1 is 1.22 bits per heavy atom. The third-order valence-corrected chi connectivity index (χ3v) is 3.25. The lowest BCUT2D eigenvalue weighted by molar-refractivity contribution is -0.117. The van der Waals surface area contributed by atoms with Crippen LogP contribution in [0.5, 0.6) is 11.5 Å². The van der Waals surface area contributed by atoms with Crippen LogP contribution in [0.2, 0.25) is 0 Å². The molecule has 0 unspecified atom stereocenters. The van der Waals surface area contributed by atoms with Crippen LogP contribution in [0.4, 0.5) is 5.82 Å². The highest BCUT2D eigenvalue weighted by Crippen LogP contribution is 2.32. The first-order valence-corrected chi connectivity index (χ1v) is 6.97. The predicted octanol–water partition coefficient (Wildman–Crippen LogP) is 1.47. The fourth-order valence-electron chi connectivity index (χ4n) is 2.04. The van der Waals surface area contributed by atoms with Gasteiger partial charge in [-0.15, -0.1) is 0 Å². The van der Waals surface area contributed by atoms with Crippen LogP contribution in [0.25, 0.3) is 0 Å². The Kier molecular flexibility index (Phi) is 3.88. The Morgan fingerprint density at radius 2 is 2.00 bits per heavy atom. The normalized spacial score (nSPS) is 13.5. The van der Waals surface area contributed by atoms with Crippen LogP contribution >= 0.6 is 0 Å². The number of fused-ring (bicyclic) bond motifs is 1. The number of carbonyl (C=O) groups is 2. The minimum absolute atomic E-state index is 0.135. The number of aryl methyl sites for hydroxylation is 1. The molecule has 2 aromatic rings. The van der Waals surface area contributed by atoms with Crippen molar-refractivity contribution in [3.8, 4) is 11.5 Å². The van der Waals surface area contributed by atoms with Crippen LogP contribution in [-0.4, -0.2) is 29.8 Å². The zero-order valence-electron chi connectivity index (χ0n) is 12.6. The van der Waals surface area contributed by atoms with Crippen LogP contribution < -0.4 is 20.1 Å². The summed E-state index contributed by atoms with van der Waals surface area (Å²) in [6, 6.07) is 5.67. The summed E-state index contributed by atoms with van der Waals surface area (Å²) in [5, 5.41) is 8.83. The van der Waals surface area contributed by atoms with E-state index in [0.29, 0.717) is 28.6 Å². The van der Waals surface area contributed by atoms with Crippen molar-refractivity contribution >= 4 is 17.6 Å². The van der Waals surface area contributed by atoms with Gasteiger partial charge < -0.3 is 24.6 Å². The molecule has 2 amide bonds. The molecule has 8 heteroatoms. The highest BCUT2D eigenvalue weighted by atomic mass is 16.7. The van der Waals surface area contributed by atoms with E-state index in [1.165, 1.54) is 0 Å². The summed E-state index contributed by atoms with van der Waals surface area (Å²) in [6.45, 7) is 3.43. The van der Waals surface area contributed by atoms with Crippen molar-refractivity contribution in [3.63, 3.8) is 0 Å². The smallest absolute Gasteiger partial charge is 0.252 e. The molecule has 0 saturated heterocycles. The van der Waals surface area contributed by atoms with Crippen molar-refractivity contribution in [1.82, 2.24) is 10.5 Å². The fourth-order valence-corrected chi connectivity index (χ4v) is 2.04. The molecule has 2 N–H and O–H groups in total. The molecule has 1 aromatic carbocycles. The van der Waals surface area contributed by atoms with Gasteiger partial charge in [0.2, 0.25) is 12.7 Å². The van der Waals surface area contributed by atoms with E-state index < -0.39 is 11.9 Å². The summed E-state index contributed by atoms with van der Waals surface area (Å²) in [5.41, 5.74) is 0.381. The van der Waals surface area contributed by atoms with Gasteiger partial charge in [-0.1, -0.05) is 5.16 Å². The number of amides is 2. The summed E-state index contributed by atoms with van der Waals surface area (Å²) < 4.78 is 15.3. The number of nitrogens with one attached hydrogen (secondary N) is 2. The minimum atomic E-state index is -0.745. The van der Waals surface area contributed by atoms with Gasteiger partial charge in [0, 0.05) is 11.6 Å². The van der Waals surface area contributed by atoms with Crippen LogP contribution in [-0.2, 0) is 4.79 Å². The molecule has 1 aliphatic rings. The standard InChI is InChI=1S/C15H15N3O5/c1-8-5-13(18-23-8)17-14(19)9(2)16-15(20)10-3-4-11-12(6-10)22-7-21-11/h3-6,9H,7H2,1-2H3,(H,16,20)(H,17,18,19)/t9-/m1/s1. The zero-order valence-corrected chi connectivity index (χ0v) is 12.6. The van der Waals surface area contributed by atoms with E-state index in [9.17, 15) is 9.59 Å². The number of nitrogens with zero attached hydrogens (tertiary/aromatic N) is 1. The first-order valence-electron chi connectivity index (χ1n) is 6.97. The molecule has 1 aliphatic heterocycles. The van der Waals surface area contributed by atoms with Gasteiger partial charge in [0.05, 0.1) is 0 Å². The molecule has 0 radical (unpaired) electrons. The second kappa shape index (κ2) is 5.99. The minimum Gasteiger partial charge on any atom is -0.454 e. The van der Waals surface area contributed by atoms with Crippen LogP contribution in [0, 0.1) is 6.92 Å². The number of hydrogen-bond donors (Lipinski definition) is 2. The van der Waals surface area contributed by atoms with Crippen LogP contribution in [0.1, 0.15) is 23.0 Å². The molecule has 23 heavy (non-hydrogen) atoms. The number of aromatic nitrogens is 1. The second-order valence-electron chi connectivity index (χ2n) is 5.08. The van der Waals surface area contributed by atoms with E-state index in [-0.39, 0.29) is 12.7 Å². The molecule has 0 aliphatic carbocycles. The lowest BCUT2D eigenvalue weighted by atomic mass is 10.1. The second-order valence-corrected chi connectivity index (χ2v) is 5.08. The molecule has 120 valence electrons. The SMILES string of the molecule is Cc1cc(NC(=O)[C@@H](C)NC(=O)c2ccc3c(c2)OCO3)no1. The van der Waals surface area contributed by atoms with Crippen molar-refractivity contribution < 1.29 is 23.6 Å². The van der Waals surface area contributed by atoms with Gasteiger partial charge in [0.15, 0.2) is 17.3 Å². The van der Waals surface area contributed by atoms with E-state index in [1.807, 2.05) is 0 Å². The van der Waals surface area contributed by atoms with Crippen molar-refractivity contribution in [2.24, 2.45) is 0 Å². The van der Waals surface area contributed by atoms with Gasteiger partial charge in [-0.25, -0.2) is 0 Å². The third kappa shape index (κ3) is 3.25. The summed E-state index contributed by atoms with van der Waals surface area (Å²) >= 11 is 0. The molecule has 2 heterocycles. The monoisotopic (exact) mass is 317 g/mol. The summed E-state index contributed by atoms with van der Waals surface area (Å²) in [7, 11) is 0. The Balaban J connectivity index is 1.61. The first kappa shape index (κ1) is 14.9. The maximum absolute atomic E-state index is 12.2. The zero-order chi connectivity index (χ0) is 16.4. The fraction of sp³-hybridized carbons (Fsp3) is 0.267. The number of ether oxygens (including phenoxy) is 2. The summed E-state index contributed by atoms with van der Waals surface area (Å²) in [5.74, 6) is 1.20. The van der Waals surface area contributed by atoms with Gasteiger partial charge >= 0.3 is 0 Å². The van der Waals surface area contributed by atoms with Crippen molar-refractivity contribution in [1.29, 1.82) is 0 Å². The molecule has 1 atom stereocenters. The van der Waals surface area contributed by atoms with E-state index in [0.717, 1.165) is 0 Å². The van der Waals surface area contributed by atoms with E-state index in [1.54, 1.807) is 38.1 Å². The number of anilines is 1.